The minimum absolute atomic E-state index is 0.704. The molecule has 0 aliphatic rings. The molecule has 0 aromatic rings. The van der Waals surface area contributed by atoms with Gasteiger partial charge in [0.05, 0.1) is 5.60 Å². The summed E-state index contributed by atoms with van der Waals surface area (Å²) >= 11 is 0. The van der Waals surface area contributed by atoms with Gasteiger partial charge in [0, 0.05) is 0 Å². The van der Waals surface area contributed by atoms with Gasteiger partial charge in [-0.3, -0.25) is 0 Å². The molecule has 0 aromatic heterocycles. The maximum absolute atomic E-state index is 10.6. The summed E-state index contributed by atoms with van der Waals surface area (Å²) in [7, 11) is 0. The van der Waals surface area contributed by atoms with Crippen molar-refractivity contribution < 1.29 is 10.2 Å². The van der Waals surface area contributed by atoms with Crippen LogP contribution in [0.3, 0.4) is 0 Å². The molecule has 0 rings (SSSR count). The number of hydrogen-bond acceptors (Lipinski definition) is 2. The third kappa shape index (κ3) is 6.85. The Kier molecular flexibility index (Phi) is 9.47. The third-order valence-corrected chi connectivity index (χ3v) is 3.35. The molecule has 0 aliphatic carbocycles. The van der Waals surface area contributed by atoms with E-state index in [1.807, 2.05) is 13.0 Å². The van der Waals surface area contributed by atoms with Crippen LogP contribution >= 0.6 is 0 Å². The average Bonchev–Trinajstić information content (AvgIpc) is 2.30. The van der Waals surface area contributed by atoms with Gasteiger partial charge in [0.2, 0.25) is 0 Å². The first-order valence-corrected chi connectivity index (χ1v) is 7.14. The first-order chi connectivity index (χ1) is 8.10. The van der Waals surface area contributed by atoms with Gasteiger partial charge < -0.3 is 10.2 Å². The molecule has 0 saturated heterocycles. The van der Waals surface area contributed by atoms with Crippen molar-refractivity contribution in [2.75, 3.05) is 0 Å². The molecule has 0 radical (unpaired) electrons. The Morgan fingerprint density at radius 1 is 1.00 bits per heavy atom. The fraction of sp³-hybridized carbons (Fsp3) is 0.867. The molecule has 1 atom stereocenters. The van der Waals surface area contributed by atoms with Gasteiger partial charge in [-0.2, -0.15) is 0 Å². The first-order valence-electron chi connectivity index (χ1n) is 7.14. The van der Waals surface area contributed by atoms with Crippen LogP contribution < -0.4 is 0 Å². The van der Waals surface area contributed by atoms with E-state index in [0.29, 0.717) is 12.8 Å². The topological polar surface area (TPSA) is 40.5 Å². The van der Waals surface area contributed by atoms with Crippen LogP contribution in [0.15, 0.2) is 12.2 Å². The average molecular weight is 242 g/mol. The van der Waals surface area contributed by atoms with Crippen molar-refractivity contribution in [3.63, 3.8) is 0 Å². The third-order valence-electron chi connectivity index (χ3n) is 3.35. The van der Waals surface area contributed by atoms with Gasteiger partial charge in [0.25, 0.3) is 0 Å². The molecule has 102 valence electrons. The lowest BCUT2D eigenvalue weighted by molar-refractivity contribution is -0.0668. The summed E-state index contributed by atoms with van der Waals surface area (Å²) in [6.07, 6.45) is 10.7. The van der Waals surface area contributed by atoms with Gasteiger partial charge in [-0.15, -0.1) is 0 Å². The van der Waals surface area contributed by atoms with Crippen molar-refractivity contribution in [2.24, 2.45) is 0 Å². The van der Waals surface area contributed by atoms with Crippen LogP contribution in [0.5, 0.6) is 0 Å². The lowest BCUT2D eigenvalue weighted by atomic mass is 9.85. The smallest absolute Gasteiger partial charge is 0.101 e. The summed E-state index contributed by atoms with van der Waals surface area (Å²) in [6, 6.07) is 0. The monoisotopic (exact) mass is 242 g/mol. The highest BCUT2D eigenvalue weighted by Crippen LogP contribution is 2.27. The molecule has 0 heterocycles. The van der Waals surface area contributed by atoms with Crippen LogP contribution in [0.2, 0.25) is 0 Å². The van der Waals surface area contributed by atoms with Crippen LogP contribution in [0.25, 0.3) is 0 Å². The van der Waals surface area contributed by atoms with Gasteiger partial charge >= 0.3 is 0 Å². The number of aliphatic hydroxyl groups excluding tert-OH is 1. The Balaban J connectivity index is 4.33. The van der Waals surface area contributed by atoms with Gasteiger partial charge in [-0.25, -0.2) is 0 Å². The molecule has 0 saturated carbocycles. The molecule has 17 heavy (non-hydrogen) atoms. The Bertz CT molecular complexity index is 189. The van der Waals surface area contributed by atoms with Crippen molar-refractivity contribution in [2.45, 2.75) is 83.8 Å². The summed E-state index contributed by atoms with van der Waals surface area (Å²) in [5, 5.41) is 20.6. The first kappa shape index (κ1) is 16.7. The van der Waals surface area contributed by atoms with Crippen molar-refractivity contribution in [3.8, 4) is 0 Å². The van der Waals surface area contributed by atoms with E-state index in [1.54, 1.807) is 6.08 Å². The largest absolute Gasteiger partial charge is 0.387 e. The Labute approximate surface area is 107 Å². The van der Waals surface area contributed by atoms with E-state index in [4.69, 9.17) is 0 Å². The highest BCUT2D eigenvalue weighted by Gasteiger charge is 2.32. The molecule has 0 fully saturated rings. The maximum Gasteiger partial charge on any atom is 0.101 e. The van der Waals surface area contributed by atoms with Crippen molar-refractivity contribution >= 4 is 0 Å². The van der Waals surface area contributed by atoms with E-state index in [9.17, 15) is 10.2 Å². The van der Waals surface area contributed by atoms with Crippen LogP contribution in [-0.2, 0) is 0 Å². The predicted octanol–water partition coefficient (Wildman–Crippen LogP) is 3.82. The number of unbranched alkanes of at least 4 members (excludes halogenated alkanes) is 4. The quantitative estimate of drug-likeness (QED) is 0.452. The fourth-order valence-electron chi connectivity index (χ4n) is 2.14. The van der Waals surface area contributed by atoms with Crippen molar-refractivity contribution in [3.05, 3.63) is 12.2 Å². The molecule has 2 nitrogen and oxygen atoms in total. The molecular formula is C15H30O2. The minimum Gasteiger partial charge on any atom is -0.387 e. The zero-order valence-corrected chi connectivity index (χ0v) is 11.8. The second-order valence-corrected chi connectivity index (χ2v) is 4.99. The van der Waals surface area contributed by atoms with E-state index < -0.39 is 11.7 Å². The van der Waals surface area contributed by atoms with Gasteiger partial charge in [-0.05, 0) is 19.8 Å². The summed E-state index contributed by atoms with van der Waals surface area (Å²) in [5.41, 5.74) is -0.920. The Morgan fingerprint density at radius 2 is 1.47 bits per heavy atom. The highest BCUT2D eigenvalue weighted by atomic mass is 16.3. The fourth-order valence-corrected chi connectivity index (χ4v) is 2.14. The lowest BCUT2D eigenvalue weighted by Gasteiger charge is -2.32. The highest BCUT2D eigenvalue weighted by molar-refractivity contribution is 4.99. The molecule has 0 spiro atoms. The Hall–Kier alpha value is -0.340. The summed E-state index contributed by atoms with van der Waals surface area (Å²) < 4.78 is 0. The second kappa shape index (κ2) is 9.67. The predicted molar refractivity (Wildman–Crippen MR) is 74.1 cm³/mol. The van der Waals surface area contributed by atoms with Crippen LogP contribution in [0.1, 0.15) is 72.1 Å². The molecule has 2 heteroatoms. The van der Waals surface area contributed by atoms with Gasteiger partial charge in [0.15, 0.2) is 0 Å². The van der Waals surface area contributed by atoms with E-state index in [2.05, 4.69) is 13.8 Å². The molecule has 0 aromatic carbocycles. The minimum atomic E-state index is -0.920. The number of aliphatic hydroxyl groups is 2. The second-order valence-electron chi connectivity index (χ2n) is 4.99. The molecule has 0 aliphatic heterocycles. The number of hydrogen-bond donors (Lipinski definition) is 2. The van der Waals surface area contributed by atoms with E-state index in [1.165, 1.54) is 0 Å². The van der Waals surface area contributed by atoms with E-state index >= 15 is 0 Å². The maximum atomic E-state index is 10.6. The van der Waals surface area contributed by atoms with E-state index in [0.717, 1.165) is 38.5 Å². The summed E-state index contributed by atoms with van der Waals surface area (Å²) in [4.78, 5) is 0. The molecule has 0 amide bonds. The molecule has 2 N–H and O–H groups in total. The van der Waals surface area contributed by atoms with E-state index in [-0.39, 0.29) is 0 Å². The molecular weight excluding hydrogens is 212 g/mol. The van der Waals surface area contributed by atoms with Gasteiger partial charge in [-0.1, -0.05) is 64.5 Å². The zero-order chi connectivity index (χ0) is 13.1. The summed E-state index contributed by atoms with van der Waals surface area (Å²) in [5.74, 6) is 0. The Morgan fingerprint density at radius 3 is 1.82 bits per heavy atom. The standard InChI is InChI=1S/C15H30O2/c1-4-7-9-12-15(17,13-10-8-5-2)14(16)11-6-3/h6,11,14,16-17H,4-5,7-10,12-13H2,1-3H3/b11-6+/t14-/m0/s1. The lowest BCUT2D eigenvalue weighted by Crippen LogP contribution is -2.41. The normalized spacial score (nSPS) is 14.4. The molecule has 0 unspecified atom stereocenters. The SMILES string of the molecule is C/C=C/[C@H](O)C(O)(CCCCC)CCCCC. The van der Waals surface area contributed by atoms with Gasteiger partial charge in [0.1, 0.15) is 6.10 Å². The van der Waals surface area contributed by atoms with Crippen LogP contribution in [0, 0.1) is 0 Å². The zero-order valence-electron chi connectivity index (χ0n) is 11.8. The number of rotatable bonds is 10. The van der Waals surface area contributed by atoms with Crippen LogP contribution in [0.4, 0.5) is 0 Å². The van der Waals surface area contributed by atoms with Crippen molar-refractivity contribution in [1.82, 2.24) is 0 Å². The molecule has 0 bridgehead atoms. The number of allylic oxidation sites excluding steroid dienone is 1. The summed E-state index contributed by atoms with van der Waals surface area (Å²) in [6.45, 7) is 6.18. The van der Waals surface area contributed by atoms with Crippen molar-refractivity contribution in [1.29, 1.82) is 0 Å². The van der Waals surface area contributed by atoms with Crippen LogP contribution in [-0.4, -0.2) is 21.9 Å².